The molecule has 0 spiro atoms. The van der Waals surface area contributed by atoms with Crippen LogP contribution in [0.15, 0.2) is 36.7 Å². The lowest BCUT2D eigenvalue weighted by molar-refractivity contribution is 0.0718. The molecule has 2 aliphatic heterocycles. The Morgan fingerprint density at radius 1 is 0.917 bits per heavy atom. The molecule has 0 saturated carbocycles. The zero-order valence-corrected chi connectivity index (χ0v) is 13.8. The summed E-state index contributed by atoms with van der Waals surface area (Å²) < 4.78 is 0. The van der Waals surface area contributed by atoms with E-state index in [9.17, 15) is 4.79 Å². The number of fused-ring (bicyclic) bond motifs is 1. The second-order valence-corrected chi connectivity index (χ2v) is 6.55. The smallest absolute Gasteiger partial charge is 0.274 e. The van der Waals surface area contributed by atoms with Gasteiger partial charge in [0.1, 0.15) is 11.5 Å². The number of anilines is 1. The molecule has 24 heavy (non-hydrogen) atoms. The third-order valence-corrected chi connectivity index (χ3v) is 4.96. The highest BCUT2D eigenvalue weighted by Gasteiger charge is 2.21. The van der Waals surface area contributed by atoms with Gasteiger partial charge in [-0.1, -0.05) is 24.3 Å². The van der Waals surface area contributed by atoms with E-state index in [-0.39, 0.29) is 5.91 Å². The number of carbonyl (C=O) groups is 1. The number of carbonyl (C=O) groups excluding carboxylic acids is 1. The van der Waals surface area contributed by atoms with Crippen LogP contribution in [0.25, 0.3) is 0 Å². The van der Waals surface area contributed by atoms with E-state index in [1.807, 2.05) is 4.90 Å². The maximum absolute atomic E-state index is 12.5. The summed E-state index contributed by atoms with van der Waals surface area (Å²) in [5.74, 6) is 0.859. The van der Waals surface area contributed by atoms with E-state index in [1.54, 1.807) is 12.4 Å². The van der Waals surface area contributed by atoms with Crippen LogP contribution < -0.4 is 4.90 Å². The topological polar surface area (TPSA) is 49.3 Å². The van der Waals surface area contributed by atoms with Crippen molar-refractivity contribution in [3.05, 3.63) is 53.5 Å². The first-order valence-corrected chi connectivity index (χ1v) is 8.74. The Morgan fingerprint density at radius 3 is 2.46 bits per heavy atom. The predicted molar refractivity (Wildman–Crippen MR) is 93.0 cm³/mol. The lowest BCUT2D eigenvalue weighted by Crippen LogP contribution is -2.36. The second-order valence-electron chi connectivity index (χ2n) is 6.55. The maximum Gasteiger partial charge on any atom is 0.274 e. The van der Waals surface area contributed by atoms with Crippen molar-refractivity contribution in [2.75, 3.05) is 24.5 Å². The Hall–Kier alpha value is -2.43. The molecular weight excluding hydrogens is 300 g/mol. The summed E-state index contributed by atoms with van der Waals surface area (Å²) >= 11 is 0. The van der Waals surface area contributed by atoms with E-state index in [1.165, 1.54) is 17.5 Å². The number of piperidine rings is 1. The fourth-order valence-electron chi connectivity index (χ4n) is 3.55. The summed E-state index contributed by atoms with van der Waals surface area (Å²) in [7, 11) is 0. The average Bonchev–Trinajstić information content (AvgIpc) is 2.68. The van der Waals surface area contributed by atoms with Gasteiger partial charge < -0.3 is 9.80 Å². The van der Waals surface area contributed by atoms with E-state index in [0.717, 1.165) is 51.3 Å². The molecule has 2 aliphatic rings. The Morgan fingerprint density at radius 2 is 1.71 bits per heavy atom. The molecule has 4 rings (SSSR count). The third kappa shape index (κ3) is 2.98. The number of rotatable bonds is 2. The lowest BCUT2D eigenvalue weighted by Gasteiger charge is -2.29. The van der Waals surface area contributed by atoms with Gasteiger partial charge in [0.05, 0.1) is 12.4 Å². The third-order valence-electron chi connectivity index (χ3n) is 4.96. The minimum absolute atomic E-state index is 0.0118. The van der Waals surface area contributed by atoms with Crippen LogP contribution in [0.3, 0.4) is 0 Å². The van der Waals surface area contributed by atoms with Crippen molar-refractivity contribution in [3.63, 3.8) is 0 Å². The van der Waals surface area contributed by atoms with Gasteiger partial charge in [-0.2, -0.15) is 0 Å². The lowest BCUT2D eigenvalue weighted by atomic mass is 10.0. The van der Waals surface area contributed by atoms with Gasteiger partial charge in [-0.05, 0) is 36.8 Å². The summed E-state index contributed by atoms with van der Waals surface area (Å²) in [6.45, 7) is 3.46. The molecule has 1 fully saturated rings. The summed E-state index contributed by atoms with van der Waals surface area (Å²) in [6, 6.07) is 8.53. The highest BCUT2D eigenvalue weighted by molar-refractivity contribution is 5.92. The Labute approximate surface area is 142 Å². The first-order chi connectivity index (χ1) is 11.8. The molecule has 1 aromatic heterocycles. The van der Waals surface area contributed by atoms with E-state index in [0.29, 0.717) is 5.69 Å². The van der Waals surface area contributed by atoms with Crippen LogP contribution in [0, 0.1) is 0 Å². The Bertz CT molecular complexity index is 722. The fourth-order valence-corrected chi connectivity index (χ4v) is 3.55. The van der Waals surface area contributed by atoms with Crippen molar-refractivity contribution in [3.8, 4) is 0 Å². The molecule has 0 radical (unpaired) electrons. The van der Waals surface area contributed by atoms with Crippen LogP contribution in [-0.4, -0.2) is 40.4 Å². The largest absolute Gasteiger partial charge is 0.351 e. The number of benzene rings is 1. The van der Waals surface area contributed by atoms with Gasteiger partial charge >= 0.3 is 0 Å². The number of hydrogen-bond acceptors (Lipinski definition) is 4. The average molecular weight is 322 g/mol. The Kier molecular flexibility index (Phi) is 4.15. The minimum Gasteiger partial charge on any atom is -0.351 e. The van der Waals surface area contributed by atoms with Crippen LogP contribution in [0.2, 0.25) is 0 Å². The van der Waals surface area contributed by atoms with Crippen molar-refractivity contribution < 1.29 is 4.79 Å². The molecule has 0 atom stereocenters. The van der Waals surface area contributed by atoms with E-state index < -0.39 is 0 Å². The second kappa shape index (κ2) is 6.59. The van der Waals surface area contributed by atoms with Crippen LogP contribution in [0.1, 0.15) is 40.9 Å². The quantitative estimate of drug-likeness (QED) is 0.853. The number of likely N-dealkylation sites (tertiary alicyclic amines) is 1. The molecule has 0 unspecified atom stereocenters. The van der Waals surface area contributed by atoms with E-state index >= 15 is 0 Å². The van der Waals surface area contributed by atoms with Crippen LogP contribution in [-0.2, 0) is 13.0 Å². The van der Waals surface area contributed by atoms with E-state index in [4.69, 9.17) is 0 Å². The van der Waals surface area contributed by atoms with Crippen LogP contribution >= 0.6 is 0 Å². The van der Waals surface area contributed by atoms with Crippen LogP contribution in [0.5, 0.6) is 0 Å². The normalized spacial score (nSPS) is 17.5. The minimum atomic E-state index is 0.0118. The number of hydrogen-bond donors (Lipinski definition) is 0. The number of aromatic nitrogens is 2. The number of nitrogens with zero attached hydrogens (tertiary/aromatic N) is 4. The van der Waals surface area contributed by atoms with Crippen molar-refractivity contribution in [1.82, 2.24) is 14.9 Å². The first kappa shape index (κ1) is 15.1. The van der Waals surface area contributed by atoms with Crippen molar-refractivity contribution in [2.24, 2.45) is 0 Å². The first-order valence-electron chi connectivity index (χ1n) is 8.74. The summed E-state index contributed by atoms with van der Waals surface area (Å²) in [4.78, 5) is 25.5. The highest BCUT2D eigenvalue weighted by Crippen LogP contribution is 2.22. The zero-order valence-electron chi connectivity index (χ0n) is 13.8. The Balaban J connectivity index is 1.47. The molecule has 3 heterocycles. The predicted octanol–water partition coefficient (Wildman–Crippen LogP) is 2.67. The van der Waals surface area contributed by atoms with Gasteiger partial charge in [-0.15, -0.1) is 0 Å². The summed E-state index contributed by atoms with van der Waals surface area (Å²) in [6.07, 6.45) is 7.78. The van der Waals surface area contributed by atoms with Crippen molar-refractivity contribution in [1.29, 1.82) is 0 Å². The zero-order chi connectivity index (χ0) is 16.4. The molecule has 5 heteroatoms. The van der Waals surface area contributed by atoms with Gasteiger partial charge in [-0.3, -0.25) is 4.79 Å². The monoisotopic (exact) mass is 322 g/mol. The molecule has 1 aromatic carbocycles. The molecule has 5 nitrogen and oxygen atoms in total. The summed E-state index contributed by atoms with van der Waals surface area (Å²) in [5, 5.41) is 0. The standard InChI is InChI=1S/C19H22N4O/c24-19(22-9-4-1-5-10-22)17-12-21-18(13-20-17)23-11-8-15-6-2-3-7-16(15)14-23/h2-3,6-7,12-13H,1,4-5,8-11,14H2. The van der Waals surface area contributed by atoms with Crippen LogP contribution in [0.4, 0.5) is 5.82 Å². The molecule has 124 valence electrons. The molecule has 0 N–H and O–H groups in total. The van der Waals surface area contributed by atoms with Crippen molar-refractivity contribution >= 4 is 11.7 Å². The molecule has 2 aromatic rings. The molecule has 1 saturated heterocycles. The van der Waals surface area contributed by atoms with Gasteiger partial charge in [0, 0.05) is 26.2 Å². The van der Waals surface area contributed by atoms with Gasteiger partial charge in [0.25, 0.3) is 5.91 Å². The summed E-state index contributed by atoms with van der Waals surface area (Å²) in [5.41, 5.74) is 3.22. The van der Waals surface area contributed by atoms with E-state index in [2.05, 4.69) is 39.1 Å². The fraction of sp³-hybridized carbons (Fsp3) is 0.421. The highest BCUT2D eigenvalue weighted by atomic mass is 16.2. The van der Waals surface area contributed by atoms with Gasteiger partial charge in [0.15, 0.2) is 0 Å². The molecule has 0 bridgehead atoms. The molecule has 1 amide bonds. The SMILES string of the molecule is O=C(c1cnc(N2CCc3ccccc3C2)cn1)N1CCCCC1. The van der Waals surface area contributed by atoms with Gasteiger partial charge in [0.2, 0.25) is 0 Å². The van der Waals surface area contributed by atoms with Gasteiger partial charge in [-0.25, -0.2) is 9.97 Å². The number of amides is 1. The maximum atomic E-state index is 12.5. The molecular formula is C19H22N4O. The van der Waals surface area contributed by atoms with Crippen molar-refractivity contribution in [2.45, 2.75) is 32.2 Å². The molecule has 0 aliphatic carbocycles.